The second-order valence-electron chi connectivity index (χ2n) is 5.50. The summed E-state index contributed by atoms with van der Waals surface area (Å²) < 4.78 is 16.0. The third-order valence-corrected chi connectivity index (χ3v) is 3.54. The molecule has 25 heavy (non-hydrogen) atoms. The lowest BCUT2D eigenvalue weighted by Crippen LogP contribution is -2.31. The molecular weight excluding hydrogens is 324 g/mol. The summed E-state index contributed by atoms with van der Waals surface area (Å²) >= 11 is 0. The van der Waals surface area contributed by atoms with Crippen LogP contribution >= 0.6 is 0 Å². The average molecular weight is 346 g/mol. The Morgan fingerprint density at radius 3 is 2.64 bits per heavy atom. The second kappa shape index (κ2) is 8.37. The predicted molar refractivity (Wildman–Crippen MR) is 92.6 cm³/mol. The van der Waals surface area contributed by atoms with Gasteiger partial charge in [0.05, 0.1) is 13.2 Å². The number of ketones is 1. The fourth-order valence-electron chi connectivity index (χ4n) is 2.45. The van der Waals surface area contributed by atoms with Gasteiger partial charge in [-0.2, -0.15) is 0 Å². The van der Waals surface area contributed by atoms with E-state index >= 15 is 0 Å². The van der Waals surface area contributed by atoms with Crippen molar-refractivity contribution in [3.8, 4) is 11.5 Å². The summed E-state index contributed by atoms with van der Waals surface area (Å²) in [6.45, 7) is 6.38. The van der Waals surface area contributed by atoms with E-state index in [1.165, 1.54) is 6.08 Å². The molecule has 1 aromatic carbocycles. The lowest BCUT2D eigenvalue weighted by atomic mass is 10.0. The van der Waals surface area contributed by atoms with Crippen LogP contribution < -0.4 is 9.47 Å². The lowest BCUT2D eigenvalue weighted by Gasteiger charge is -2.19. The number of hydrogen-bond donors (Lipinski definition) is 1. The van der Waals surface area contributed by atoms with Crippen LogP contribution in [0, 0.1) is 0 Å². The monoisotopic (exact) mass is 346 g/mol. The zero-order valence-corrected chi connectivity index (χ0v) is 14.6. The maximum absolute atomic E-state index is 12.0. The molecule has 1 unspecified atom stereocenters. The Kier molecular flexibility index (Phi) is 6.22. The molecular formula is C19H22O6. The van der Waals surface area contributed by atoms with Crippen molar-refractivity contribution in [2.45, 2.75) is 33.3 Å². The lowest BCUT2D eigenvalue weighted by molar-refractivity contribution is -0.150. The molecule has 1 aliphatic heterocycles. The van der Waals surface area contributed by atoms with Crippen molar-refractivity contribution in [1.29, 1.82) is 0 Å². The van der Waals surface area contributed by atoms with Gasteiger partial charge in [0.2, 0.25) is 0 Å². The van der Waals surface area contributed by atoms with E-state index in [0.717, 1.165) is 0 Å². The SMILES string of the molecule is CCOc1ccc(/C=C/C(O)=C2/C(=O)CC(C)OC2=O)c(OCC)c1. The Balaban J connectivity index is 2.29. The summed E-state index contributed by atoms with van der Waals surface area (Å²) in [5, 5.41) is 10.1. The molecule has 1 aliphatic rings. The first kappa shape index (κ1) is 18.6. The molecule has 0 bridgehead atoms. The van der Waals surface area contributed by atoms with Gasteiger partial charge < -0.3 is 19.3 Å². The summed E-state index contributed by atoms with van der Waals surface area (Å²) in [6.07, 6.45) is 2.45. The van der Waals surface area contributed by atoms with Crippen LogP contribution in [0.1, 0.15) is 32.8 Å². The largest absolute Gasteiger partial charge is 0.507 e. The summed E-state index contributed by atoms with van der Waals surface area (Å²) in [4.78, 5) is 23.8. The molecule has 134 valence electrons. The number of allylic oxidation sites excluding steroid dienone is 1. The maximum atomic E-state index is 12.0. The van der Waals surface area contributed by atoms with Crippen LogP contribution in [0.25, 0.3) is 6.08 Å². The molecule has 1 heterocycles. The number of hydrogen-bond acceptors (Lipinski definition) is 6. The van der Waals surface area contributed by atoms with Crippen molar-refractivity contribution >= 4 is 17.8 Å². The van der Waals surface area contributed by atoms with Crippen molar-refractivity contribution < 1.29 is 28.9 Å². The summed E-state index contributed by atoms with van der Waals surface area (Å²) in [6, 6.07) is 5.30. The highest BCUT2D eigenvalue weighted by Gasteiger charge is 2.32. The number of benzene rings is 1. The van der Waals surface area contributed by atoms with E-state index in [1.807, 2.05) is 13.8 Å². The highest BCUT2D eigenvalue weighted by Crippen LogP contribution is 2.27. The third kappa shape index (κ3) is 4.62. The smallest absolute Gasteiger partial charge is 0.345 e. The van der Waals surface area contributed by atoms with Crippen LogP contribution in [0.2, 0.25) is 0 Å². The van der Waals surface area contributed by atoms with Crippen LogP contribution in [0.3, 0.4) is 0 Å². The molecule has 6 heteroatoms. The Hall–Kier alpha value is -2.76. The number of cyclic esters (lactones) is 1. The molecule has 0 saturated carbocycles. The van der Waals surface area contributed by atoms with Crippen LogP contribution in [-0.2, 0) is 14.3 Å². The standard InChI is InChI=1S/C19H22O6/c1-4-23-14-8-6-13(17(11-14)24-5-2)7-9-15(20)18-16(21)10-12(3)25-19(18)22/h6-9,11-12,20H,4-5,10H2,1-3H3/b9-7+,18-15+. The molecule has 0 amide bonds. The van der Waals surface area contributed by atoms with Gasteiger partial charge in [0, 0.05) is 18.1 Å². The van der Waals surface area contributed by atoms with E-state index in [4.69, 9.17) is 14.2 Å². The van der Waals surface area contributed by atoms with Gasteiger partial charge in [0.15, 0.2) is 5.78 Å². The molecule has 1 atom stereocenters. The molecule has 2 rings (SSSR count). The van der Waals surface area contributed by atoms with Crippen molar-refractivity contribution in [1.82, 2.24) is 0 Å². The molecule has 0 aromatic heterocycles. The first-order valence-electron chi connectivity index (χ1n) is 8.21. The van der Waals surface area contributed by atoms with E-state index in [-0.39, 0.29) is 12.0 Å². The number of aliphatic hydroxyl groups excluding tert-OH is 1. The Morgan fingerprint density at radius 1 is 1.28 bits per heavy atom. The molecule has 0 spiro atoms. The molecule has 1 N–H and O–H groups in total. The summed E-state index contributed by atoms with van der Waals surface area (Å²) in [5.74, 6) is -0.400. The number of carbonyl (C=O) groups excluding carboxylic acids is 2. The van der Waals surface area contributed by atoms with Crippen molar-refractivity contribution in [2.75, 3.05) is 13.2 Å². The predicted octanol–water partition coefficient (Wildman–Crippen LogP) is 3.21. The second-order valence-corrected chi connectivity index (χ2v) is 5.50. The van der Waals surface area contributed by atoms with Gasteiger partial charge in [-0.3, -0.25) is 4.79 Å². The van der Waals surface area contributed by atoms with Crippen molar-refractivity contribution in [3.05, 3.63) is 41.2 Å². The molecule has 0 aliphatic carbocycles. The van der Waals surface area contributed by atoms with E-state index < -0.39 is 23.6 Å². The first-order valence-corrected chi connectivity index (χ1v) is 8.21. The van der Waals surface area contributed by atoms with Gasteiger partial charge in [-0.25, -0.2) is 4.79 Å². The number of esters is 1. The number of rotatable bonds is 6. The van der Waals surface area contributed by atoms with E-state index in [2.05, 4.69) is 0 Å². The van der Waals surface area contributed by atoms with Crippen LogP contribution in [0.15, 0.2) is 35.6 Å². The Bertz CT molecular complexity index is 697. The fourth-order valence-corrected chi connectivity index (χ4v) is 2.45. The average Bonchev–Trinajstić information content (AvgIpc) is 2.53. The Labute approximate surface area is 146 Å². The van der Waals surface area contributed by atoms with E-state index in [0.29, 0.717) is 30.3 Å². The molecule has 6 nitrogen and oxygen atoms in total. The minimum absolute atomic E-state index is 0.0617. The Morgan fingerprint density at radius 2 is 2.00 bits per heavy atom. The molecule has 0 radical (unpaired) electrons. The minimum Gasteiger partial charge on any atom is -0.507 e. The minimum atomic E-state index is -0.803. The normalized spacial score (nSPS) is 19.7. The van der Waals surface area contributed by atoms with Gasteiger partial charge in [-0.05, 0) is 45.1 Å². The zero-order chi connectivity index (χ0) is 18.4. The zero-order valence-electron chi connectivity index (χ0n) is 14.6. The van der Waals surface area contributed by atoms with Gasteiger partial charge in [0.1, 0.15) is 28.9 Å². The topological polar surface area (TPSA) is 82.1 Å². The summed E-state index contributed by atoms with van der Waals surface area (Å²) in [5.41, 5.74) is 0.362. The maximum Gasteiger partial charge on any atom is 0.345 e. The van der Waals surface area contributed by atoms with Gasteiger partial charge in [-0.15, -0.1) is 0 Å². The van der Waals surface area contributed by atoms with E-state index in [9.17, 15) is 14.7 Å². The van der Waals surface area contributed by atoms with Gasteiger partial charge in [0.25, 0.3) is 0 Å². The summed E-state index contributed by atoms with van der Waals surface area (Å²) in [7, 11) is 0. The third-order valence-electron chi connectivity index (χ3n) is 3.54. The number of carbonyl (C=O) groups is 2. The number of Topliss-reactive ketones (excluding diaryl/α,β-unsaturated/α-hetero) is 1. The first-order chi connectivity index (χ1) is 12.0. The van der Waals surface area contributed by atoms with Gasteiger partial charge in [-0.1, -0.05) is 0 Å². The highest BCUT2D eigenvalue weighted by atomic mass is 16.5. The number of ether oxygens (including phenoxy) is 3. The van der Waals surface area contributed by atoms with Crippen LogP contribution in [0.4, 0.5) is 0 Å². The molecule has 1 aromatic rings. The highest BCUT2D eigenvalue weighted by molar-refractivity contribution is 6.19. The number of aliphatic hydroxyl groups is 1. The van der Waals surface area contributed by atoms with Crippen LogP contribution in [-0.4, -0.2) is 36.2 Å². The van der Waals surface area contributed by atoms with Gasteiger partial charge >= 0.3 is 5.97 Å². The molecule has 1 fully saturated rings. The molecule has 1 saturated heterocycles. The quantitative estimate of drug-likeness (QED) is 0.369. The van der Waals surface area contributed by atoms with Crippen molar-refractivity contribution in [3.63, 3.8) is 0 Å². The fraction of sp³-hybridized carbons (Fsp3) is 0.368. The van der Waals surface area contributed by atoms with E-state index in [1.54, 1.807) is 31.2 Å². The van der Waals surface area contributed by atoms with Crippen LogP contribution in [0.5, 0.6) is 11.5 Å². The van der Waals surface area contributed by atoms with Crippen molar-refractivity contribution in [2.24, 2.45) is 0 Å².